The summed E-state index contributed by atoms with van der Waals surface area (Å²) in [5.41, 5.74) is 0.145. The zero-order valence-electron chi connectivity index (χ0n) is 19.7. The lowest BCUT2D eigenvalue weighted by Gasteiger charge is -2.32. The van der Waals surface area contributed by atoms with Crippen LogP contribution in [0.25, 0.3) is 11.2 Å². The fourth-order valence-electron chi connectivity index (χ4n) is 4.34. The van der Waals surface area contributed by atoms with Crippen molar-refractivity contribution in [2.45, 2.75) is 58.7 Å². The van der Waals surface area contributed by atoms with E-state index < -0.39 is 5.69 Å². The van der Waals surface area contributed by atoms with Crippen LogP contribution >= 0.6 is 0 Å². The van der Waals surface area contributed by atoms with Crippen molar-refractivity contribution < 1.29 is 9.47 Å². The third-order valence-corrected chi connectivity index (χ3v) is 6.18. The minimum absolute atomic E-state index is 0.130. The third-order valence-electron chi connectivity index (χ3n) is 6.18. The van der Waals surface area contributed by atoms with Gasteiger partial charge in [-0.2, -0.15) is 0 Å². The number of hydrogen-bond acceptors (Lipinski definition) is 6. The topological polar surface area (TPSA) is 94.4 Å². The van der Waals surface area contributed by atoms with E-state index in [4.69, 9.17) is 14.5 Å². The molecule has 0 atom stereocenters. The van der Waals surface area contributed by atoms with E-state index in [9.17, 15) is 9.59 Å². The molecule has 4 rings (SSSR count). The summed E-state index contributed by atoms with van der Waals surface area (Å²) in [6, 6.07) is 7.79. The molecule has 9 nitrogen and oxygen atoms in total. The molecule has 0 bridgehead atoms. The first kappa shape index (κ1) is 23.1. The number of ether oxygens (including phenoxy) is 2. The van der Waals surface area contributed by atoms with Gasteiger partial charge in [0.15, 0.2) is 22.7 Å². The Labute approximate surface area is 193 Å². The van der Waals surface area contributed by atoms with Crippen LogP contribution in [0.2, 0.25) is 0 Å². The summed E-state index contributed by atoms with van der Waals surface area (Å²) in [4.78, 5) is 34.3. The van der Waals surface area contributed by atoms with Gasteiger partial charge in [-0.15, -0.1) is 0 Å². The van der Waals surface area contributed by atoms with Crippen molar-refractivity contribution in [2.24, 2.45) is 7.05 Å². The molecule has 3 aromatic rings. The van der Waals surface area contributed by atoms with E-state index in [-0.39, 0.29) is 11.7 Å². The molecule has 9 heteroatoms. The van der Waals surface area contributed by atoms with Crippen LogP contribution in [-0.4, -0.2) is 49.8 Å². The van der Waals surface area contributed by atoms with E-state index in [0.717, 1.165) is 56.1 Å². The predicted molar refractivity (Wildman–Crippen MR) is 127 cm³/mol. The molecule has 178 valence electrons. The molecule has 0 radical (unpaired) electrons. The summed E-state index contributed by atoms with van der Waals surface area (Å²) in [6.45, 7) is 7.53. The Morgan fingerprint density at radius 1 is 1.12 bits per heavy atom. The van der Waals surface area contributed by atoms with Crippen LogP contribution in [0.4, 0.5) is 0 Å². The number of rotatable bonds is 9. The van der Waals surface area contributed by atoms with Crippen LogP contribution in [0.15, 0.2) is 33.9 Å². The van der Waals surface area contributed by atoms with Gasteiger partial charge in [0.25, 0.3) is 5.56 Å². The molecule has 2 aromatic heterocycles. The maximum absolute atomic E-state index is 12.5. The van der Waals surface area contributed by atoms with Crippen molar-refractivity contribution in [2.75, 3.05) is 19.7 Å². The lowest BCUT2D eigenvalue weighted by Crippen LogP contribution is -2.38. The second kappa shape index (κ2) is 10.2. The summed E-state index contributed by atoms with van der Waals surface area (Å²) in [5, 5.41) is 0. The Kier molecular flexibility index (Phi) is 7.17. The summed E-state index contributed by atoms with van der Waals surface area (Å²) in [5.74, 6) is 2.35. The summed E-state index contributed by atoms with van der Waals surface area (Å²) >= 11 is 0. The molecular formula is C24H33N5O4. The average Bonchev–Trinajstić information content (AvgIpc) is 3.12. The van der Waals surface area contributed by atoms with Crippen molar-refractivity contribution in [1.29, 1.82) is 0 Å². The molecule has 1 aliphatic heterocycles. The Morgan fingerprint density at radius 3 is 2.55 bits per heavy atom. The molecule has 1 fully saturated rings. The Balaban J connectivity index is 1.45. The minimum Gasteiger partial charge on any atom is -0.490 e. The van der Waals surface area contributed by atoms with Crippen LogP contribution in [-0.2, 0) is 20.1 Å². The van der Waals surface area contributed by atoms with Crippen molar-refractivity contribution >= 4 is 11.2 Å². The van der Waals surface area contributed by atoms with Gasteiger partial charge in [0, 0.05) is 26.7 Å². The van der Waals surface area contributed by atoms with Gasteiger partial charge in [-0.1, -0.05) is 25.5 Å². The van der Waals surface area contributed by atoms with Gasteiger partial charge < -0.3 is 14.0 Å². The van der Waals surface area contributed by atoms with Gasteiger partial charge in [-0.05, 0) is 38.3 Å². The number of para-hydroxylation sites is 2. The fourth-order valence-corrected chi connectivity index (χ4v) is 4.34. The Morgan fingerprint density at radius 2 is 1.85 bits per heavy atom. The van der Waals surface area contributed by atoms with E-state index >= 15 is 0 Å². The monoisotopic (exact) mass is 455 g/mol. The van der Waals surface area contributed by atoms with Gasteiger partial charge in [-0.3, -0.25) is 19.2 Å². The molecule has 1 saturated heterocycles. The van der Waals surface area contributed by atoms with E-state index in [1.165, 1.54) is 0 Å². The summed E-state index contributed by atoms with van der Waals surface area (Å²) < 4.78 is 15.3. The number of nitrogens with zero attached hydrogens (tertiary/aromatic N) is 4. The standard InChI is InChI=1S/C24H33N5O4/c1-4-6-13-29-22-21(23(30)26-24(29)31)27(3)20(25-22)16-28-14-11-17(12-15-28)33-19-10-8-7-9-18(19)32-5-2/h7-10,17H,4-6,11-16H2,1-3H3,(H,26,30,31). The summed E-state index contributed by atoms with van der Waals surface area (Å²) in [6.07, 6.45) is 3.73. The molecule has 1 aliphatic rings. The number of aryl methyl sites for hydroxylation is 2. The minimum atomic E-state index is -0.393. The van der Waals surface area contributed by atoms with Gasteiger partial charge >= 0.3 is 5.69 Å². The molecule has 0 amide bonds. The number of piperidine rings is 1. The Bertz CT molecular complexity index is 1200. The highest BCUT2D eigenvalue weighted by Crippen LogP contribution is 2.29. The largest absolute Gasteiger partial charge is 0.490 e. The molecule has 1 N–H and O–H groups in total. The van der Waals surface area contributed by atoms with Crippen LogP contribution in [0.5, 0.6) is 11.5 Å². The van der Waals surface area contributed by atoms with Crippen LogP contribution in [0.1, 0.15) is 45.4 Å². The fraction of sp³-hybridized carbons (Fsp3) is 0.542. The highest BCUT2D eigenvalue weighted by molar-refractivity contribution is 5.70. The highest BCUT2D eigenvalue weighted by Gasteiger charge is 2.24. The number of nitrogens with one attached hydrogen (secondary N) is 1. The average molecular weight is 456 g/mol. The number of aromatic nitrogens is 4. The van der Waals surface area contributed by atoms with E-state index in [2.05, 4.69) is 16.8 Å². The summed E-state index contributed by atoms with van der Waals surface area (Å²) in [7, 11) is 1.84. The normalized spacial score (nSPS) is 15.2. The van der Waals surface area contributed by atoms with Crippen molar-refractivity contribution in [3.63, 3.8) is 0 Å². The molecular weight excluding hydrogens is 422 g/mol. The number of imidazole rings is 1. The number of aromatic amines is 1. The van der Waals surface area contributed by atoms with Crippen LogP contribution < -0.4 is 20.7 Å². The number of benzene rings is 1. The maximum atomic E-state index is 12.5. The molecule has 1 aromatic carbocycles. The number of unbranched alkanes of at least 4 members (excludes halogenated alkanes) is 1. The molecule has 33 heavy (non-hydrogen) atoms. The second-order valence-corrected chi connectivity index (χ2v) is 8.50. The molecule has 0 spiro atoms. The first-order valence-electron chi connectivity index (χ1n) is 11.8. The zero-order valence-corrected chi connectivity index (χ0v) is 19.7. The smallest absolute Gasteiger partial charge is 0.330 e. The highest BCUT2D eigenvalue weighted by atomic mass is 16.5. The van der Waals surface area contributed by atoms with E-state index in [1.54, 1.807) is 4.57 Å². The van der Waals surface area contributed by atoms with Gasteiger partial charge in [0.2, 0.25) is 0 Å². The predicted octanol–water partition coefficient (Wildman–Crippen LogP) is 2.67. The maximum Gasteiger partial charge on any atom is 0.330 e. The molecule has 0 saturated carbocycles. The molecule has 3 heterocycles. The van der Waals surface area contributed by atoms with Crippen molar-refractivity contribution in [3.8, 4) is 11.5 Å². The van der Waals surface area contributed by atoms with E-state index in [0.29, 0.717) is 30.9 Å². The van der Waals surface area contributed by atoms with Crippen LogP contribution in [0, 0.1) is 0 Å². The van der Waals surface area contributed by atoms with Crippen molar-refractivity contribution in [1.82, 2.24) is 24.0 Å². The quantitative estimate of drug-likeness (QED) is 0.533. The Hall–Kier alpha value is -3.07. The van der Waals surface area contributed by atoms with Crippen molar-refractivity contribution in [3.05, 3.63) is 50.9 Å². The first-order chi connectivity index (χ1) is 16.0. The lowest BCUT2D eigenvalue weighted by atomic mass is 10.1. The van der Waals surface area contributed by atoms with Gasteiger partial charge in [0.1, 0.15) is 11.9 Å². The third kappa shape index (κ3) is 4.98. The number of likely N-dealkylation sites (tertiary alicyclic amines) is 1. The van der Waals surface area contributed by atoms with Crippen LogP contribution in [0.3, 0.4) is 0 Å². The lowest BCUT2D eigenvalue weighted by molar-refractivity contribution is 0.0919. The number of hydrogen-bond donors (Lipinski definition) is 1. The second-order valence-electron chi connectivity index (χ2n) is 8.50. The number of H-pyrrole nitrogens is 1. The van der Waals surface area contributed by atoms with Gasteiger partial charge in [0.05, 0.1) is 13.2 Å². The van der Waals surface area contributed by atoms with Gasteiger partial charge in [-0.25, -0.2) is 9.78 Å². The number of fused-ring (bicyclic) bond motifs is 1. The zero-order chi connectivity index (χ0) is 23.4. The first-order valence-corrected chi connectivity index (χ1v) is 11.8. The molecule has 0 aliphatic carbocycles. The SMILES string of the molecule is CCCCn1c(=O)[nH]c(=O)c2c1nc(CN1CCC(Oc3ccccc3OCC)CC1)n2C. The van der Waals surface area contributed by atoms with E-state index in [1.807, 2.05) is 42.8 Å². The molecule has 0 unspecified atom stereocenters.